The fourth-order valence-corrected chi connectivity index (χ4v) is 3.29. The second kappa shape index (κ2) is 6.09. The summed E-state index contributed by atoms with van der Waals surface area (Å²) in [6, 6.07) is 4.24. The molecule has 0 spiro atoms. The zero-order valence-electron chi connectivity index (χ0n) is 13.9. The Morgan fingerprint density at radius 1 is 1.30 bits per heavy atom. The van der Waals surface area contributed by atoms with Gasteiger partial charge in [0.25, 0.3) is 0 Å². The molecule has 1 saturated carbocycles. The SMILES string of the molecule is Cc1ccc(CN2CCc3c(nnn3C)[C@H]2COCC2CC2)o1. The molecule has 2 aromatic rings. The van der Waals surface area contributed by atoms with Crippen LogP contribution in [-0.2, 0) is 24.8 Å². The molecule has 0 amide bonds. The van der Waals surface area contributed by atoms with Gasteiger partial charge < -0.3 is 9.15 Å². The van der Waals surface area contributed by atoms with Crippen LogP contribution in [-0.4, -0.2) is 39.7 Å². The molecule has 1 aliphatic heterocycles. The summed E-state index contributed by atoms with van der Waals surface area (Å²) in [5.41, 5.74) is 2.30. The summed E-state index contributed by atoms with van der Waals surface area (Å²) in [7, 11) is 1.97. The first-order valence-corrected chi connectivity index (χ1v) is 8.46. The van der Waals surface area contributed by atoms with Gasteiger partial charge in [-0.25, -0.2) is 0 Å². The number of aromatic nitrogens is 3. The molecule has 6 heteroatoms. The number of hydrogen-bond acceptors (Lipinski definition) is 5. The molecule has 1 fully saturated rings. The van der Waals surface area contributed by atoms with Crippen LogP contribution in [0.3, 0.4) is 0 Å². The van der Waals surface area contributed by atoms with Crippen molar-refractivity contribution in [3.05, 3.63) is 35.0 Å². The summed E-state index contributed by atoms with van der Waals surface area (Å²) in [4.78, 5) is 2.40. The fourth-order valence-electron chi connectivity index (χ4n) is 3.29. The molecule has 0 saturated heterocycles. The normalized spacial score (nSPS) is 21.6. The summed E-state index contributed by atoms with van der Waals surface area (Å²) in [6.07, 6.45) is 3.60. The summed E-state index contributed by atoms with van der Waals surface area (Å²) >= 11 is 0. The molecular weight excluding hydrogens is 292 g/mol. The molecule has 3 heterocycles. The first kappa shape index (κ1) is 14.9. The summed E-state index contributed by atoms with van der Waals surface area (Å²) in [5.74, 6) is 2.74. The molecule has 0 aromatic carbocycles. The third-order valence-corrected chi connectivity index (χ3v) is 4.85. The highest BCUT2D eigenvalue weighted by Crippen LogP contribution is 2.32. The molecule has 0 N–H and O–H groups in total. The van der Waals surface area contributed by atoms with E-state index in [1.807, 2.05) is 24.7 Å². The monoisotopic (exact) mass is 316 g/mol. The number of fused-ring (bicyclic) bond motifs is 1. The lowest BCUT2D eigenvalue weighted by Crippen LogP contribution is -2.38. The molecule has 0 bridgehead atoms. The number of furan rings is 1. The van der Waals surface area contributed by atoms with Gasteiger partial charge in [-0.3, -0.25) is 9.58 Å². The predicted octanol–water partition coefficient (Wildman–Crippen LogP) is 2.24. The maximum atomic E-state index is 5.99. The lowest BCUT2D eigenvalue weighted by molar-refractivity contribution is 0.0395. The van der Waals surface area contributed by atoms with Gasteiger partial charge in [-0.2, -0.15) is 0 Å². The van der Waals surface area contributed by atoms with Crippen LogP contribution in [0, 0.1) is 12.8 Å². The molecule has 6 nitrogen and oxygen atoms in total. The van der Waals surface area contributed by atoms with Gasteiger partial charge >= 0.3 is 0 Å². The molecule has 1 atom stereocenters. The third-order valence-electron chi connectivity index (χ3n) is 4.85. The van der Waals surface area contributed by atoms with E-state index in [-0.39, 0.29) is 6.04 Å². The molecule has 0 radical (unpaired) electrons. The van der Waals surface area contributed by atoms with Crippen LogP contribution in [0.25, 0.3) is 0 Å². The maximum Gasteiger partial charge on any atom is 0.118 e. The van der Waals surface area contributed by atoms with Crippen molar-refractivity contribution in [1.82, 2.24) is 19.9 Å². The Bertz CT molecular complexity index is 674. The summed E-state index contributed by atoms with van der Waals surface area (Å²) in [6.45, 7) is 5.31. The highest BCUT2D eigenvalue weighted by Gasteiger charge is 2.33. The lowest BCUT2D eigenvalue weighted by Gasteiger charge is -2.33. The second-order valence-corrected chi connectivity index (χ2v) is 6.77. The van der Waals surface area contributed by atoms with E-state index in [0.29, 0.717) is 6.61 Å². The van der Waals surface area contributed by atoms with E-state index in [0.717, 1.165) is 49.2 Å². The van der Waals surface area contributed by atoms with Crippen molar-refractivity contribution >= 4 is 0 Å². The smallest absolute Gasteiger partial charge is 0.118 e. The van der Waals surface area contributed by atoms with Gasteiger partial charge in [0, 0.05) is 26.6 Å². The van der Waals surface area contributed by atoms with Crippen LogP contribution in [0.5, 0.6) is 0 Å². The van der Waals surface area contributed by atoms with E-state index < -0.39 is 0 Å². The number of rotatable bonds is 6. The molecule has 1 aliphatic carbocycles. The summed E-state index contributed by atoms with van der Waals surface area (Å²) < 4.78 is 13.6. The minimum absolute atomic E-state index is 0.164. The Morgan fingerprint density at radius 2 is 2.17 bits per heavy atom. The standard InChI is InChI=1S/C17H24N4O2/c1-12-3-6-14(23-12)9-21-8-7-15-17(18-19-20(15)2)16(21)11-22-10-13-4-5-13/h3,6,13,16H,4-5,7-11H2,1-2H3/t16-/m1/s1. The Hall–Kier alpha value is -1.66. The highest BCUT2D eigenvalue weighted by molar-refractivity contribution is 5.19. The van der Waals surface area contributed by atoms with E-state index in [1.165, 1.54) is 18.5 Å². The van der Waals surface area contributed by atoms with E-state index in [4.69, 9.17) is 9.15 Å². The van der Waals surface area contributed by atoms with Gasteiger partial charge in [-0.05, 0) is 37.8 Å². The molecule has 0 unspecified atom stereocenters. The third kappa shape index (κ3) is 3.19. The van der Waals surface area contributed by atoms with Crippen molar-refractivity contribution in [2.45, 2.75) is 38.8 Å². The molecule has 2 aromatic heterocycles. The van der Waals surface area contributed by atoms with E-state index in [1.54, 1.807) is 0 Å². The van der Waals surface area contributed by atoms with Crippen LogP contribution < -0.4 is 0 Å². The van der Waals surface area contributed by atoms with Gasteiger partial charge in [-0.15, -0.1) is 5.10 Å². The van der Waals surface area contributed by atoms with Crippen molar-refractivity contribution in [3.8, 4) is 0 Å². The quantitative estimate of drug-likeness (QED) is 0.818. The van der Waals surface area contributed by atoms with Crippen LogP contribution in [0.2, 0.25) is 0 Å². The van der Waals surface area contributed by atoms with Gasteiger partial charge in [0.2, 0.25) is 0 Å². The van der Waals surface area contributed by atoms with Gasteiger partial charge in [0.15, 0.2) is 0 Å². The van der Waals surface area contributed by atoms with E-state index in [9.17, 15) is 0 Å². The average molecular weight is 316 g/mol. The first-order valence-electron chi connectivity index (χ1n) is 8.46. The van der Waals surface area contributed by atoms with E-state index >= 15 is 0 Å². The first-order chi connectivity index (χ1) is 11.2. The summed E-state index contributed by atoms with van der Waals surface area (Å²) in [5, 5.41) is 8.62. The maximum absolute atomic E-state index is 5.99. The molecule has 23 heavy (non-hydrogen) atoms. The Kier molecular flexibility index (Phi) is 3.95. The van der Waals surface area contributed by atoms with Gasteiger partial charge in [0.05, 0.1) is 24.9 Å². The van der Waals surface area contributed by atoms with Crippen molar-refractivity contribution < 1.29 is 9.15 Å². The lowest BCUT2D eigenvalue weighted by atomic mass is 10.0. The zero-order chi connectivity index (χ0) is 15.8. The van der Waals surface area contributed by atoms with Crippen molar-refractivity contribution in [2.24, 2.45) is 13.0 Å². The minimum atomic E-state index is 0.164. The Labute approximate surface area is 136 Å². The number of ether oxygens (including phenoxy) is 1. The highest BCUT2D eigenvalue weighted by atomic mass is 16.5. The van der Waals surface area contributed by atoms with Gasteiger partial charge in [-0.1, -0.05) is 5.21 Å². The molecule has 4 rings (SSSR count). The molecular formula is C17H24N4O2. The number of aryl methyl sites for hydroxylation is 2. The average Bonchev–Trinajstić information content (AvgIpc) is 3.16. The number of hydrogen-bond donors (Lipinski definition) is 0. The Morgan fingerprint density at radius 3 is 2.91 bits per heavy atom. The Balaban J connectivity index is 1.51. The van der Waals surface area contributed by atoms with Crippen molar-refractivity contribution in [3.63, 3.8) is 0 Å². The second-order valence-electron chi connectivity index (χ2n) is 6.77. The van der Waals surface area contributed by atoms with Crippen molar-refractivity contribution in [1.29, 1.82) is 0 Å². The fraction of sp³-hybridized carbons (Fsp3) is 0.647. The van der Waals surface area contributed by atoms with Crippen LogP contribution in [0.4, 0.5) is 0 Å². The van der Waals surface area contributed by atoms with Crippen LogP contribution in [0.1, 0.15) is 41.8 Å². The van der Waals surface area contributed by atoms with Gasteiger partial charge in [0.1, 0.15) is 17.2 Å². The van der Waals surface area contributed by atoms with Crippen LogP contribution >= 0.6 is 0 Å². The molecule has 2 aliphatic rings. The predicted molar refractivity (Wildman–Crippen MR) is 84.8 cm³/mol. The largest absolute Gasteiger partial charge is 0.465 e. The topological polar surface area (TPSA) is 56.3 Å². The minimum Gasteiger partial charge on any atom is -0.465 e. The number of nitrogens with zero attached hydrogens (tertiary/aromatic N) is 4. The van der Waals surface area contributed by atoms with E-state index in [2.05, 4.69) is 21.3 Å². The van der Waals surface area contributed by atoms with Crippen LogP contribution in [0.15, 0.2) is 16.5 Å². The van der Waals surface area contributed by atoms with Crippen molar-refractivity contribution in [2.75, 3.05) is 19.8 Å². The molecule has 124 valence electrons. The zero-order valence-corrected chi connectivity index (χ0v) is 13.9.